The Labute approximate surface area is 151 Å². The quantitative estimate of drug-likeness (QED) is 0.828. The van der Waals surface area contributed by atoms with Gasteiger partial charge in [0.25, 0.3) is 0 Å². The SMILES string of the molecule is CC(C)(C)c1ccc(S(=O)(=O)N2CCC(C(=O)N3CCCC3)C2)cc1. The number of amides is 1. The normalized spacial score (nSPS) is 22.5. The van der Waals surface area contributed by atoms with Gasteiger partial charge >= 0.3 is 0 Å². The van der Waals surface area contributed by atoms with Gasteiger partial charge in [0, 0.05) is 26.2 Å². The van der Waals surface area contributed by atoms with Crippen LogP contribution in [0.25, 0.3) is 0 Å². The zero-order valence-corrected chi connectivity index (χ0v) is 16.2. The van der Waals surface area contributed by atoms with Gasteiger partial charge in [-0.15, -0.1) is 0 Å². The fourth-order valence-electron chi connectivity index (χ4n) is 3.62. The number of rotatable bonds is 3. The van der Waals surface area contributed by atoms with E-state index in [1.807, 2.05) is 17.0 Å². The Bertz CT molecular complexity index is 729. The second-order valence-electron chi connectivity index (χ2n) is 8.16. The second-order valence-corrected chi connectivity index (χ2v) is 10.1. The number of benzene rings is 1. The summed E-state index contributed by atoms with van der Waals surface area (Å²) in [6.07, 6.45) is 2.73. The van der Waals surface area contributed by atoms with E-state index in [0.717, 1.165) is 31.5 Å². The molecule has 5 nitrogen and oxygen atoms in total. The lowest BCUT2D eigenvalue weighted by Crippen LogP contribution is -2.36. The van der Waals surface area contributed by atoms with Crippen molar-refractivity contribution < 1.29 is 13.2 Å². The van der Waals surface area contributed by atoms with E-state index in [1.54, 1.807) is 12.1 Å². The zero-order chi connectivity index (χ0) is 18.2. The van der Waals surface area contributed by atoms with E-state index in [2.05, 4.69) is 20.8 Å². The standard InChI is InChI=1S/C19H28N2O3S/c1-19(2,3)16-6-8-17(9-7-16)25(23,24)21-13-10-15(14-21)18(22)20-11-4-5-12-20/h6-9,15H,4-5,10-14H2,1-3H3. The summed E-state index contributed by atoms with van der Waals surface area (Å²) >= 11 is 0. The van der Waals surface area contributed by atoms with Crippen LogP contribution in [0.4, 0.5) is 0 Å². The van der Waals surface area contributed by atoms with Crippen LogP contribution in [0.1, 0.15) is 45.6 Å². The maximum Gasteiger partial charge on any atom is 0.243 e. The summed E-state index contributed by atoms with van der Waals surface area (Å²) in [6.45, 7) is 8.67. The topological polar surface area (TPSA) is 57.7 Å². The molecule has 6 heteroatoms. The van der Waals surface area contributed by atoms with Gasteiger partial charge in [0.1, 0.15) is 0 Å². The molecule has 1 aromatic rings. The van der Waals surface area contributed by atoms with Crippen molar-refractivity contribution in [1.29, 1.82) is 0 Å². The van der Waals surface area contributed by atoms with Gasteiger partial charge in [0.15, 0.2) is 0 Å². The predicted molar refractivity (Wildman–Crippen MR) is 97.8 cm³/mol. The largest absolute Gasteiger partial charge is 0.342 e. The van der Waals surface area contributed by atoms with Gasteiger partial charge in [0.05, 0.1) is 10.8 Å². The van der Waals surface area contributed by atoms with E-state index in [4.69, 9.17) is 0 Å². The molecule has 1 amide bonds. The first-order valence-electron chi connectivity index (χ1n) is 9.09. The van der Waals surface area contributed by atoms with Gasteiger partial charge in [-0.2, -0.15) is 4.31 Å². The smallest absolute Gasteiger partial charge is 0.243 e. The van der Waals surface area contributed by atoms with Crippen molar-refractivity contribution in [2.24, 2.45) is 5.92 Å². The molecule has 2 saturated heterocycles. The summed E-state index contributed by atoms with van der Waals surface area (Å²) in [7, 11) is -3.53. The second kappa shape index (κ2) is 6.72. The first kappa shape index (κ1) is 18.4. The highest BCUT2D eigenvalue weighted by Gasteiger charge is 2.38. The number of carbonyl (C=O) groups is 1. The summed E-state index contributed by atoms with van der Waals surface area (Å²) < 4.78 is 27.2. The van der Waals surface area contributed by atoms with Gasteiger partial charge in [-0.25, -0.2) is 8.42 Å². The fourth-order valence-corrected chi connectivity index (χ4v) is 5.12. The van der Waals surface area contributed by atoms with Crippen molar-refractivity contribution in [2.45, 2.75) is 50.3 Å². The Balaban J connectivity index is 1.71. The van der Waals surface area contributed by atoms with Crippen LogP contribution in [0.3, 0.4) is 0 Å². The first-order valence-corrected chi connectivity index (χ1v) is 10.5. The Morgan fingerprint density at radius 3 is 2.20 bits per heavy atom. The summed E-state index contributed by atoms with van der Waals surface area (Å²) in [4.78, 5) is 14.7. The molecule has 0 N–H and O–H groups in total. The third kappa shape index (κ3) is 3.75. The lowest BCUT2D eigenvalue weighted by atomic mass is 9.87. The van der Waals surface area contributed by atoms with Crippen LogP contribution in [-0.4, -0.2) is 49.7 Å². The monoisotopic (exact) mass is 364 g/mol. The number of sulfonamides is 1. The maximum atomic E-state index is 12.9. The molecule has 138 valence electrons. The molecule has 1 aromatic carbocycles. The Hall–Kier alpha value is -1.40. The number of nitrogens with zero attached hydrogens (tertiary/aromatic N) is 2. The van der Waals surface area contributed by atoms with E-state index >= 15 is 0 Å². The lowest BCUT2D eigenvalue weighted by Gasteiger charge is -2.21. The van der Waals surface area contributed by atoms with Crippen molar-refractivity contribution >= 4 is 15.9 Å². The molecule has 0 saturated carbocycles. The minimum Gasteiger partial charge on any atom is -0.342 e. The molecule has 3 rings (SSSR count). The molecule has 0 aromatic heterocycles. The fraction of sp³-hybridized carbons (Fsp3) is 0.632. The molecule has 0 aliphatic carbocycles. The molecule has 2 aliphatic heterocycles. The minimum absolute atomic E-state index is 0.0107. The molecule has 25 heavy (non-hydrogen) atoms. The molecule has 0 bridgehead atoms. The highest BCUT2D eigenvalue weighted by molar-refractivity contribution is 7.89. The van der Waals surface area contributed by atoms with Crippen molar-refractivity contribution in [3.8, 4) is 0 Å². The molecule has 2 aliphatic rings. The number of likely N-dealkylation sites (tertiary alicyclic amines) is 1. The molecular formula is C19H28N2O3S. The van der Waals surface area contributed by atoms with E-state index < -0.39 is 10.0 Å². The average molecular weight is 365 g/mol. The molecule has 1 unspecified atom stereocenters. The minimum atomic E-state index is -3.53. The summed E-state index contributed by atoms with van der Waals surface area (Å²) in [5, 5.41) is 0. The van der Waals surface area contributed by atoms with Crippen molar-refractivity contribution in [3.05, 3.63) is 29.8 Å². The Morgan fingerprint density at radius 2 is 1.64 bits per heavy atom. The number of carbonyl (C=O) groups excluding carboxylic acids is 1. The van der Waals surface area contributed by atoms with Crippen molar-refractivity contribution in [3.63, 3.8) is 0 Å². The van der Waals surface area contributed by atoms with Crippen molar-refractivity contribution in [2.75, 3.05) is 26.2 Å². The maximum absolute atomic E-state index is 12.9. The van der Waals surface area contributed by atoms with E-state index in [0.29, 0.717) is 24.4 Å². The van der Waals surface area contributed by atoms with Crippen LogP contribution >= 0.6 is 0 Å². The summed E-state index contributed by atoms with van der Waals surface area (Å²) in [5.41, 5.74) is 1.10. The van der Waals surface area contributed by atoms with Crippen LogP contribution in [-0.2, 0) is 20.2 Å². The third-order valence-corrected chi connectivity index (χ3v) is 7.16. The van der Waals surface area contributed by atoms with Crippen LogP contribution in [0.2, 0.25) is 0 Å². The number of hydrogen-bond acceptors (Lipinski definition) is 3. The predicted octanol–water partition coefficient (Wildman–Crippen LogP) is 2.62. The van der Waals surface area contributed by atoms with E-state index in [1.165, 1.54) is 4.31 Å². The molecule has 2 fully saturated rings. The van der Waals surface area contributed by atoms with Gasteiger partial charge in [-0.3, -0.25) is 4.79 Å². The Kier molecular flexibility index (Phi) is 4.95. The molecule has 1 atom stereocenters. The average Bonchev–Trinajstić information content (AvgIpc) is 3.25. The highest BCUT2D eigenvalue weighted by Crippen LogP contribution is 2.28. The summed E-state index contributed by atoms with van der Waals surface area (Å²) in [5.74, 6) is -0.0694. The van der Waals surface area contributed by atoms with E-state index in [-0.39, 0.29) is 17.2 Å². The van der Waals surface area contributed by atoms with Crippen LogP contribution in [0, 0.1) is 5.92 Å². The van der Waals surface area contributed by atoms with Gasteiger partial charge in [0.2, 0.25) is 15.9 Å². The van der Waals surface area contributed by atoms with Crippen LogP contribution in [0.15, 0.2) is 29.2 Å². The van der Waals surface area contributed by atoms with Crippen LogP contribution < -0.4 is 0 Å². The van der Waals surface area contributed by atoms with Gasteiger partial charge in [-0.1, -0.05) is 32.9 Å². The molecule has 0 radical (unpaired) electrons. The van der Waals surface area contributed by atoms with Gasteiger partial charge < -0.3 is 4.90 Å². The van der Waals surface area contributed by atoms with Gasteiger partial charge in [-0.05, 0) is 42.4 Å². The van der Waals surface area contributed by atoms with E-state index in [9.17, 15) is 13.2 Å². The molecule has 0 spiro atoms. The molecular weight excluding hydrogens is 336 g/mol. The highest BCUT2D eigenvalue weighted by atomic mass is 32.2. The Morgan fingerprint density at radius 1 is 1.04 bits per heavy atom. The number of hydrogen-bond donors (Lipinski definition) is 0. The first-order chi connectivity index (χ1) is 11.7. The lowest BCUT2D eigenvalue weighted by molar-refractivity contribution is -0.133. The van der Waals surface area contributed by atoms with Crippen molar-refractivity contribution in [1.82, 2.24) is 9.21 Å². The van der Waals surface area contributed by atoms with Crippen LogP contribution in [0.5, 0.6) is 0 Å². The zero-order valence-electron chi connectivity index (χ0n) is 15.4. The molecule has 2 heterocycles. The summed E-state index contributed by atoms with van der Waals surface area (Å²) in [6, 6.07) is 7.14. The third-order valence-electron chi connectivity index (χ3n) is 5.28.